The van der Waals surface area contributed by atoms with Crippen LogP contribution in [0.25, 0.3) is 0 Å². The van der Waals surface area contributed by atoms with Crippen LogP contribution in [0.1, 0.15) is 20.8 Å². The molecule has 0 spiro atoms. The van der Waals surface area contributed by atoms with Crippen molar-refractivity contribution >= 4 is 0 Å². The van der Waals surface area contributed by atoms with E-state index in [4.69, 9.17) is 0 Å². The molecule has 0 bridgehead atoms. The van der Waals surface area contributed by atoms with Gasteiger partial charge in [-0.3, -0.25) is 0 Å². The first-order valence-electron chi connectivity index (χ1n) is 10.2. The van der Waals surface area contributed by atoms with Crippen molar-refractivity contribution in [1.82, 2.24) is 0 Å². The highest BCUT2D eigenvalue weighted by Gasteiger charge is 2.48. The van der Waals surface area contributed by atoms with Gasteiger partial charge in [-0.1, -0.05) is 124 Å². The molecule has 0 fully saturated rings. The van der Waals surface area contributed by atoms with E-state index in [9.17, 15) is 0 Å². The Morgan fingerprint density at radius 1 is 0.767 bits per heavy atom. The summed E-state index contributed by atoms with van der Waals surface area (Å²) in [4.78, 5) is 0. The summed E-state index contributed by atoms with van der Waals surface area (Å²) in [6.45, 7) is 26.0. The van der Waals surface area contributed by atoms with Crippen LogP contribution in [0.3, 0.4) is 0 Å². The largest absolute Gasteiger partial charge is 0.0991 e. The standard InChI is InChI=1S/C30H34/c1-9-17-23-25(20-12-4)30(24(18-10-2)19-11-3)28(16-8)27(21-13-5)26(15-7)29(30)22-14-6/h9-23H,1-2,4-5,7H2,3,6,8H3/b19-11-,22-14-,23-17-,24-18+,25-20+,27-21-,28-16+. The van der Waals surface area contributed by atoms with Crippen LogP contribution in [-0.2, 0) is 0 Å². The second kappa shape index (κ2) is 12.2. The van der Waals surface area contributed by atoms with Crippen molar-refractivity contribution in [2.24, 2.45) is 5.41 Å². The zero-order valence-electron chi connectivity index (χ0n) is 18.7. The van der Waals surface area contributed by atoms with Crippen LogP contribution in [0.2, 0.25) is 0 Å². The predicted octanol–water partition coefficient (Wildman–Crippen LogP) is 8.65. The summed E-state index contributed by atoms with van der Waals surface area (Å²) in [6, 6.07) is 0. The smallest absolute Gasteiger partial charge is 0.0710 e. The third-order valence-electron chi connectivity index (χ3n) is 5.01. The minimum Gasteiger partial charge on any atom is -0.0991 e. The van der Waals surface area contributed by atoms with Gasteiger partial charge in [0, 0.05) is 0 Å². The van der Waals surface area contributed by atoms with Gasteiger partial charge in [-0.05, 0) is 54.2 Å². The molecule has 0 heterocycles. The van der Waals surface area contributed by atoms with Crippen LogP contribution in [0.15, 0.2) is 157 Å². The summed E-state index contributed by atoms with van der Waals surface area (Å²) in [5.74, 6) is 0. The highest BCUT2D eigenvalue weighted by Crippen LogP contribution is 2.60. The molecule has 1 rings (SSSR count). The van der Waals surface area contributed by atoms with Gasteiger partial charge in [0.1, 0.15) is 0 Å². The third kappa shape index (κ3) is 4.44. The van der Waals surface area contributed by atoms with E-state index in [-0.39, 0.29) is 0 Å². The molecular weight excluding hydrogens is 360 g/mol. The third-order valence-corrected chi connectivity index (χ3v) is 5.01. The molecule has 0 nitrogen and oxygen atoms in total. The van der Waals surface area contributed by atoms with Crippen LogP contribution in [0.4, 0.5) is 0 Å². The zero-order chi connectivity index (χ0) is 22.6. The lowest BCUT2D eigenvalue weighted by Crippen LogP contribution is -2.27. The van der Waals surface area contributed by atoms with Gasteiger partial charge in [-0.15, -0.1) is 0 Å². The van der Waals surface area contributed by atoms with Crippen LogP contribution >= 0.6 is 0 Å². The Hall–Kier alpha value is -3.38. The van der Waals surface area contributed by atoms with Crippen molar-refractivity contribution < 1.29 is 0 Å². The van der Waals surface area contributed by atoms with Gasteiger partial charge in [0.05, 0.1) is 5.41 Å². The van der Waals surface area contributed by atoms with E-state index < -0.39 is 5.41 Å². The summed E-state index contributed by atoms with van der Waals surface area (Å²) in [5, 5.41) is 0. The van der Waals surface area contributed by atoms with Crippen molar-refractivity contribution in [2.75, 3.05) is 0 Å². The summed E-state index contributed by atoms with van der Waals surface area (Å²) >= 11 is 0. The van der Waals surface area contributed by atoms with Gasteiger partial charge in [0.15, 0.2) is 0 Å². The molecule has 1 aliphatic carbocycles. The second-order valence-electron chi connectivity index (χ2n) is 6.61. The van der Waals surface area contributed by atoms with E-state index in [1.54, 1.807) is 6.08 Å². The Bertz CT molecular complexity index is 942. The van der Waals surface area contributed by atoms with Crippen LogP contribution in [0.5, 0.6) is 0 Å². The molecule has 154 valence electrons. The Morgan fingerprint density at radius 2 is 1.40 bits per heavy atom. The fraction of sp³-hybridized carbons (Fsp3) is 0.133. The van der Waals surface area contributed by atoms with Gasteiger partial charge in [-0.25, -0.2) is 0 Å². The molecule has 0 heteroatoms. The first-order chi connectivity index (χ1) is 14.6. The molecule has 30 heavy (non-hydrogen) atoms. The lowest BCUT2D eigenvalue weighted by Gasteiger charge is -2.37. The monoisotopic (exact) mass is 394 g/mol. The van der Waals surface area contributed by atoms with E-state index in [1.165, 1.54) is 5.57 Å². The van der Waals surface area contributed by atoms with Crippen LogP contribution in [0, 0.1) is 5.41 Å². The van der Waals surface area contributed by atoms with Crippen molar-refractivity contribution in [2.45, 2.75) is 20.8 Å². The maximum Gasteiger partial charge on any atom is 0.0710 e. The SMILES string of the molecule is C=C/C=C\C(=C/C=C)C1(C(/C=C\C)=C/C=C)C(/C=C\C)=C(C=C)C(=C/C=C)/C1=C\C. The molecule has 0 saturated heterocycles. The van der Waals surface area contributed by atoms with E-state index in [0.717, 1.165) is 27.9 Å². The topological polar surface area (TPSA) is 0 Å². The number of hydrogen-bond acceptors (Lipinski definition) is 0. The average molecular weight is 395 g/mol. The fourth-order valence-electron chi connectivity index (χ4n) is 4.12. The molecule has 1 aliphatic rings. The molecule has 0 aromatic heterocycles. The molecule has 0 saturated carbocycles. The average Bonchev–Trinajstić information content (AvgIpc) is 3.00. The van der Waals surface area contributed by atoms with Gasteiger partial charge in [-0.2, -0.15) is 0 Å². The first kappa shape index (κ1) is 24.7. The van der Waals surface area contributed by atoms with Crippen molar-refractivity contribution in [3.05, 3.63) is 157 Å². The Balaban J connectivity index is 4.46. The molecular formula is C30H34. The molecule has 1 unspecified atom stereocenters. The van der Waals surface area contributed by atoms with Gasteiger partial charge in [0.2, 0.25) is 0 Å². The second-order valence-corrected chi connectivity index (χ2v) is 6.61. The van der Waals surface area contributed by atoms with Gasteiger partial charge in [0.25, 0.3) is 0 Å². The van der Waals surface area contributed by atoms with E-state index in [0.29, 0.717) is 0 Å². The maximum atomic E-state index is 4.14. The fourth-order valence-corrected chi connectivity index (χ4v) is 4.12. The lowest BCUT2D eigenvalue weighted by atomic mass is 9.64. The number of hydrogen-bond donors (Lipinski definition) is 0. The zero-order valence-corrected chi connectivity index (χ0v) is 18.7. The summed E-state index contributed by atoms with van der Waals surface area (Å²) < 4.78 is 0. The van der Waals surface area contributed by atoms with Crippen LogP contribution in [-0.4, -0.2) is 0 Å². The van der Waals surface area contributed by atoms with Gasteiger partial charge < -0.3 is 0 Å². The van der Waals surface area contributed by atoms with E-state index in [2.05, 4.69) is 94.5 Å². The number of allylic oxidation sites excluding steroid dienone is 21. The van der Waals surface area contributed by atoms with Crippen molar-refractivity contribution in [3.63, 3.8) is 0 Å². The molecule has 1 atom stereocenters. The predicted molar refractivity (Wildman–Crippen MR) is 137 cm³/mol. The molecule has 0 radical (unpaired) electrons. The molecule has 0 aromatic rings. The van der Waals surface area contributed by atoms with Crippen molar-refractivity contribution in [3.8, 4) is 0 Å². The quantitative estimate of drug-likeness (QED) is 0.325. The normalized spacial score (nSPS) is 23.3. The highest BCUT2D eigenvalue weighted by atomic mass is 14.5. The minimum atomic E-state index is -0.561. The summed E-state index contributed by atoms with van der Waals surface area (Å²) in [6.07, 6.45) is 30.1. The molecule has 0 N–H and O–H groups in total. The number of rotatable bonds is 10. The Labute approximate surface area is 183 Å². The lowest BCUT2D eigenvalue weighted by molar-refractivity contribution is 0.681. The Morgan fingerprint density at radius 3 is 1.83 bits per heavy atom. The first-order valence-corrected chi connectivity index (χ1v) is 10.2. The van der Waals surface area contributed by atoms with Crippen molar-refractivity contribution in [1.29, 1.82) is 0 Å². The Kier molecular flexibility index (Phi) is 10.1. The molecule has 0 aromatic carbocycles. The summed E-state index contributed by atoms with van der Waals surface area (Å²) in [5.41, 5.74) is 6.13. The molecule has 0 aliphatic heterocycles. The van der Waals surface area contributed by atoms with Crippen LogP contribution < -0.4 is 0 Å². The van der Waals surface area contributed by atoms with E-state index in [1.807, 2.05) is 44.2 Å². The minimum absolute atomic E-state index is 0.561. The van der Waals surface area contributed by atoms with Gasteiger partial charge >= 0.3 is 0 Å². The maximum absolute atomic E-state index is 4.14. The van der Waals surface area contributed by atoms with E-state index >= 15 is 0 Å². The molecule has 0 amide bonds. The summed E-state index contributed by atoms with van der Waals surface area (Å²) in [7, 11) is 0. The highest BCUT2D eigenvalue weighted by molar-refractivity contribution is 5.78.